The van der Waals surface area contributed by atoms with E-state index in [2.05, 4.69) is 15.2 Å². The highest BCUT2D eigenvalue weighted by Gasteiger charge is 2.06. The van der Waals surface area contributed by atoms with Crippen molar-refractivity contribution in [3.8, 4) is 0 Å². The van der Waals surface area contributed by atoms with Gasteiger partial charge in [-0.3, -0.25) is 4.98 Å². The van der Waals surface area contributed by atoms with Crippen LogP contribution in [0.4, 0.5) is 0 Å². The minimum Gasteiger partial charge on any atom is -0.324 e. The molecule has 2 aromatic heterocycles. The molecule has 2 aromatic rings. The first kappa shape index (κ1) is 9.73. The van der Waals surface area contributed by atoms with Crippen molar-refractivity contribution in [2.45, 2.75) is 12.5 Å². The number of hydrogen-bond acceptors (Lipinski definition) is 4. The number of nitrogens with two attached hydrogens (primary N) is 1. The highest BCUT2D eigenvalue weighted by Crippen LogP contribution is 2.13. The second-order valence-electron chi connectivity index (χ2n) is 3.35. The molecule has 0 aliphatic heterocycles. The van der Waals surface area contributed by atoms with E-state index >= 15 is 0 Å². The Hall–Kier alpha value is -1.81. The molecule has 0 bridgehead atoms. The molecule has 1 unspecified atom stereocenters. The summed E-state index contributed by atoms with van der Waals surface area (Å²) in [6.45, 7) is 0. The van der Waals surface area contributed by atoms with Crippen LogP contribution in [-0.4, -0.2) is 15.2 Å². The van der Waals surface area contributed by atoms with E-state index in [0.29, 0.717) is 0 Å². The van der Waals surface area contributed by atoms with Gasteiger partial charge in [0, 0.05) is 24.6 Å². The minimum atomic E-state index is -0.0512. The monoisotopic (exact) mass is 200 g/mol. The molecule has 2 heterocycles. The van der Waals surface area contributed by atoms with E-state index in [1.54, 1.807) is 18.6 Å². The summed E-state index contributed by atoms with van der Waals surface area (Å²) in [5.74, 6) is 0. The number of pyridine rings is 1. The molecule has 0 aromatic carbocycles. The van der Waals surface area contributed by atoms with Crippen LogP contribution in [0.15, 0.2) is 43.0 Å². The predicted octanol–water partition coefficient (Wildman–Crippen LogP) is 1.11. The highest BCUT2D eigenvalue weighted by atomic mass is 15.1. The third kappa shape index (κ3) is 2.57. The van der Waals surface area contributed by atoms with E-state index in [9.17, 15) is 0 Å². The van der Waals surface area contributed by atoms with Crippen molar-refractivity contribution >= 4 is 0 Å². The van der Waals surface area contributed by atoms with Gasteiger partial charge in [0.2, 0.25) is 0 Å². The second kappa shape index (κ2) is 4.61. The summed E-state index contributed by atoms with van der Waals surface area (Å²) in [5, 5.41) is 7.52. The van der Waals surface area contributed by atoms with Gasteiger partial charge in [0.1, 0.15) is 0 Å². The highest BCUT2D eigenvalue weighted by molar-refractivity contribution is 5.17. The molecule has 0 fully saturated rings. The average Bonchev–Trinajstić information content (AvgIpc) is 2.31. The maximum Gasteiger partial charge on any atom is 0.0544 e. The van der Waals surface area contributed by atoms with Gasteiger partial charge < -0.3 is 5.73 Å². The molecule has 0 aliphatic rings. The molecule has 76 valence electrons. The average molecular weight is 200 g/mol. The maximum atomic E-state index is 6.03. The van der Waals surface area contributed by atoms with Crippen molar-refractivity contribution in [1.29, 1.82) is 0 Å². The van der Waals surface area contributed by atoms with Crippen LogP contribution in [0.3, 0.4) is 0 Å². The smallest absolute Gasteiger partial charge is 0.0544 e. The Labute approximate surface area is 88.2 Å². The number of hydrogen-bond donors (Lipinski definition) is 1. The van der Waals surface area contributed by atoms with Crippen LogP contribution >= 0.6 is 0 Å². The fraction of sp³-hybridized carbons (Fsp3) is 0.182. The zero-order valence-corrected chi connectivity index (χ0v) is 8.24. The summed E-state index contributed by atoms with van der Waals surface area (Å²) in [7, 11) is 0. The van der Waals surface area contributed by atoms with Gasteiger partial charge >= 0.3 is 0 Å². The molecule has 1 atom stereocenters. The predicted molar refractivity (Wildman–Crippen MR) is 56.9 cm³/mol. The topological polar surface area (TPSA) is 64.7 Å². The summed E-state index contributed by atoms with van der Waals surface area (Å²) in [6.07, 6.45) is 7.69. The van der Waals surface area contributed by atoms with Crippen LogP contribution in [0.1, 0.15) is 17.2 Å². The van der Waals surface area contributed by atoms with E-state index in [1.165, 1.54) is 0 Å². The van der Waals surface area contributed by atoms with Crippen molar-refractivity contribution in [2.75, 3.05) is 0 Å². The van der Waals surface area contributed by atoms with Crippen LogP contribution in [-0.2, 0) is 6.42 Å². The van der Waals surface area contributed by atoms with Crippen molar-refractivity contribution in [2.24, 2.45) is 5.73 Å². The number of nitrogens with zero attached hydrogens (tertiary/aromatic N) is 3. The Morgan fingerprint density at radius 2 is 2.07 bits per heavy atom. The van der Waals surface area contributed by atoms with E-state index in [-0.39, 0.29) is 6.04 Å². The SMILES string of the molecule is NC(Cc1cccnc1)c1ccnnc1. The minimum absolute atomic E-state index is 0.0512. The Kier molecular flexibility index (Phi) is 2.99. The Morgan fingerprint density at radius 3 is 2.73 bits per heavy atom. The maximum absolute atomic E-state index is 6.03. The number of rotatable bonds is 3. The molecule has 0 saturated heterocycles. The largest absolute Gasteiger partial charge is 0.324 e. The van der Waals surface area contributed by atoms with Gasteiger partial charge in [0.25, 0.3) is 0 Å². The fourth-order valence-corrected chi connectivity index (χ4v) is 1.41. The standard InChI is InChI=1S/C11H12N4/c12-11(10-3-5-14-15-8-10)6-9-2-1-4-13-7-9/h1-5,7-8,11H,6,12H2. The Balaban J connectivity index is 2.08. The van der Waals surface area contributed by atoms with Crippen LogP contribution < -0.4 is 5.73 Å². The van der Waals surface area contributed by atoms with Crippen molar-refractivity contribution in [3.63, 3.8) is 0 Å². The van der Waals surface area contributed by atoms with Crippen LogP contribution in [0.25, 0.3) is 0 Å². The molecule has 0 amide bonds. The molecule has 2 N–H and O–H groups in total. The van der Waals surface area contributed by atoms with Crippen LogP contribution in [0.2, 0.25) is 0 Å². The van der Waals surface area contributed by atoms with Crippen LogP contribution in [0, 0.1) is 0 Å². The van der Waals surface area contributed by atoms with Gasteiger partial charge in [-0.1, -0.05) is 6.07 Å². The summed E-state index contributed by atoms with van der Waals surface area (Å²) in [5.41, 5.74) is 8.15. The van der Waals surface area contributed by atoms with Gasteiger partial charge in [-0.05, 0) is 29.7 Å². The molecule has 0 radical (unpaired) electrons. The molecule has 0 aliphatic carbocycles. The second-order valence-corrected chi connectivity index (χ2v) is 3.35. The van der Waals surface area contributed by atoms with Gasteiger partial charge in [-0.2, -0.15) is 10.2 Å². The van der Waals surface area contributed by atoms with Crippen LogP contribution in [0.5, 0.6) is 0 Å². The van der Waals surface area contributed by atoms with Gasteiger partial charge in [0.05, 0.1) is 6.20 Å². The molecule has 0 spiro atoms. The summed E-state index contributed by atoms with van der Waals surface area (Å²) in [6, 6.07) is 5.76. The van der Waals surface area contributed by atoms with Gasteiger partial charge in [-0.15, -0.1) is 0 Å². The van der Waals surface area contributed by atoms with Crippen molar-refractivity contribution in [3.05, 3.63) is 54.1 Å². The molecular weight excluding hydrogens is 188 g/mol. The first-order valence-electron chi connectivity index (χ1n) is 4.77. The zero-order chi connectivity index (χ0) is 10.5. The summed E-state index contributed by atoms with van der Waals surface area (Å²) < 4.78 is 0. The molecule has 4 nitrogen and oxygen atoms in total. The summed E-state index contributed by atoms with van der Waals surface area (Å²) in [4.78, 5) is 4.05. The molecule has 0 saturated carbocycles. The lowest BCUT2D eigenvalue weighted by Gasteiger charge is -2.10. The zero-order valence-electron chi connectivity index (χ0n) is 8.24. The van der Waals surface area contributed by atoms with E-state index in [0.717, 1.165) is 17.5 Å². The normalized spacial score (nSPS) is 12.3. The molecular formula is C11H12N4. The van der Waals surface area contributed by atoms with Crippen molar-refractivity contribution in [1.82, 2.24) is 15.2 Å². The van der Waals surface area contributed by atoms with E-state index in [1.807, 2.05) is 24.4 Å². The Morgan fingerprint density at radius 1 is 1.13 bits per heavy atom. The quantitative estimate of drug-likeness (QED) is 0.806. The van der Waals surface area contributed by atoms with Crippen molar-refractivity contribution < 1.29 is 0 Å². The lowest BCUT2D eigenvalue weighted by atomic mass is 10.0. The fourth-order valence-electron chi connectivity index (χ4n) is 1.41. The van der Waals surface area contributed by atoms with E-state index < -0.39 is 0 Å². The Bertz CT molecular complexity index is 401. The first-order chi connectivity index (χ1) is 7.36. The van der Waals surface area contributed by atoms with E-state index in [4.69, 9.17) is 5.73 Å². The van der Waals surface area contributed by atoms with Gasteiger partial charge in [-0.25, -0.2) is 0 Å². The third-order valence-electron chi connectivity index (χ3n) is 2.21. The molecule has 2 rings (SSSR count). The lowest BCUT2D eigenvalue weighted by molar-refractivity contribution is 0.710. The summed E-state index contributed by atoms with van der Waals surface area (Å²) >= 11 is 0. The first-order valence-corrected chi connectivity index (χ1v) is 4.77. The molecule has 4 heteroatoms. The third-order valence-corrected chi connectivity index (χ3v) is 2.21. The molecule has 15 heavy (non-hydrogen) atoms. The van der Waals surface area contributed by atoms with Gasteiger partial charge in [0.15, 0.2) is 0 Å². The lowest BCUT2D eigenvalue weighted by Crippen LogP contribution is -2.13. The number of aromatic nitrogens is 3.